The smallest absolute Gasteiger partial charge is 0.241 e. The summed E-state index contributed by atoms with van der Waals surface area (Å²) in [6.07, 6.45) is 2.03. The molecular formula is C13H19N3O2. The standard InChI is InChI=1S/C13H19N3O2/c1-10(17)11-5-3-6-14-13(11)16-8-4-7-15(2)12(18)9-16/h3,5-6,10,17H,4,7-9H2,1-2H3. The molecule has 1 aromatic heterocycles. The normalized spacial score (nSPS) is 18.7. The Bertz CT molecular complexity index is 434. The fourth-order valence-electron chi connectivity index (χ4n) is 2.17. The number of rotatable bonds is 2. The van der Waals surface area contributed by atoms with Gasteiger partial charge in [0.25, 0.3) is 0 Å². The molecule has 0 bridgehead atoms. The van der Waals surface area contributed by atoms with Crippen LogP contribution in [0.15, 0.2) is 18.3 Å². The van der Waals surface area contributed by atoms with E-state index in [1.807, 2.05) is 18.0 Å². The van der Waals surface area contributed by atoms with E-state index in [2.05, 4.69) is 4.98 Å². The highest BCUT2D eigenvalue weighted by Gasteiger charge is 2.22. The summed E-state index contributed by atoms with van der Waals surface area (Å²) in [5.41, 5.74) is 0.773. The lowest BCUT2D eigenvalue weighted by atomic mass is 10.1. The van der Waals surface area contributed by atoms with Crippen molar-refractivity contribution in [1.82, 2.24) is 9.88 Å². The molecule has 98 valence electrons. The van der Waals surface area contributed by atoms with Crippen LogP contribution in [0, 0.1) is 0 Å². The topological polar surface area (TPSA) is 56.7 Å². The van der Waals surface area contributed by atoms with Gasteiger partial charge in [-0.15, -0.1) is 0 Å². The highest BCUT2D eigenvalue weighted by molar-refractivity contribution is 5.81. The molecule has 1 N–H and O–H groups in total. The summed E-state index contributed by atoms with van der Waals surface area (Å²) in [7, 11) is 1.82. The Morgan fingerprint density at radius 1 is 1.44 bits per heavy atom. The molecule has 1 saturated heterocycles. The van der Waals surface area contributed by atoms with Crippen molar-refractivity contribution in [3.05, 3.63) is 23.9 Å². The molecule has 0 radical (unpaired) electrons. The minimum Gasteiger partial charge on any atom is -0.389 e. The quantitative estimate of drug-likeness (QED) is 0.842. The van der Waals surface area contributed by atoms with E-state index in [1.54, 1.807) is 24.1 Å². The maximum absolute atomic E-state index is 11.9. The van der Waals surface area contributed by atoms with Crippen LogP contribution in [0.3, 0.4) is 0 Å². The number of carbonyl (C=O) groups excluding carboxylic acids is 1. The summed E-state index contributed by atoms with van der Waals surface area (Å²) in [5.74, 6) is 0.811. The number of aromatic nitrogens is 1. The summed E-state index contributed by atoms with van der Waals surface area (Å²) in [6.45, 7) is 3.60. The monoisotopic (exact) mass is 249 g/mol. The van der Waals surface area contributed by atoms with Gasteiger partial charge in [-0.1, -0.05) is 6.07 Å². The number of aliphatic hydroxyl groups excluding tert-OH is 1. The minimum atomic E-state index is -0.579. The summed E-state index contributed by atoms with van der Waals surface area (Å²) in [6, 6.07) is 3.66. The predicted molar refractivity (Wildman–Crippen MR) is 69.3 cm³/mol. The maximum atomic E-state index is 11.9. The van der Waals surface area contributed by atoms with E-state index in [1.165, 1.54) is 0 Å². The van der Waals surface area contributed by atoms with Gasteiger partial charge in [-0.05, 0) is 19.4 Å². The van der Waals surface area contributed by atoms with Crippen molar-refractivity contribution in [1.29, 1.82) is 0 Å². The van der Waals surface area contributed by atoms with Crippen LogP contribution in [0.5, 0.6) is 0 Å². The van der Waals surface area contributed by atoms with Crippen LogP contribution in [0.25, 0.3) is 0 Å². The molecule has 1 aliphatic rings. The van der Waals surface area contributed by atoms with Crippen molar-refractivity contribution in [3.63, 3.8) is 0 Å². The first kappa shape index (κ1) is 12.8. The minimum absolute atomic E-state index is 0.0923. The lowest BCUT2D eigenvalue weighted by Crippen LogP contribution is -2.35. The molecule has 18 heavy (non-hydrogen) atoms. The number of pyridine rings is 1. The third kappa shape index (κ3) is 2.61. The van der Waals surface area contributed by atoms with E-state index < -0.39 is 6.10 Å². The molecule has 1 aliphatic heterocycles. The fraction of sp³-hybridized carbons (Fsp3) is 0.538. The Kier molecular flexibility index (Phi) is 3.81. The largest absolute Gasteiger partial charge is 0.389 e. The Morgan fingerprint density at radius 3 is 2.94 bits per heavy atom. The third-order valence-electron chi connectivity index (χ3n) is 3.24. The van der Waals surface area contributed by atoms with Crippen LogP contribution in [0.4, 0.5) is 5.82 Å². The number of nitrogens with zero attached hydrogens (tertiary/aromatic N) is 3. The molecule has 1 atom stereocenters. The summed E-state index contributed by atoms with van der Waals surface area (Å²) < 4.78 is 0. The molecule has 2 heterocycles. The molecule has 0 saturated carbocycles. The number of amides is 1. The van der Waals surface area contributed by atoms with Crippen LogP contribution in [0.2, 0.25) is 0 Å². The van der Waals surface area contributed by atoms with Gasteiger partial charge in [0.15, 0.2) is 0 Å². The zero-order chi connectivity index (χ0) is 13.1. The molecule has 1 aromatic rings. The summed E-state index contributed by atoms with van der Waals surface area (Å²) >= 11 is 0. The zero-order valence-electron chi connectivity index (χ0n) is 10.8. The van der Waals surface area contributed by atoms with Gasteiger partial charge in [-0.2, -0.15) is 0 Å². The molecular weight excluding hydrogens is 230 g/mol. The lowest BCUT2D eigenvalue weighted by Gasteiger charge is -2.24. The average Bonchev–Trinajstić information content (AvgIpc) is 2.52. The van der Waals surface area contributed by atoms with Gasteiger partial charge in [0, 0.05) is 31.9 Å². The summed E-state index contributed by atoms with van der Waals surface area (Å²) in [4.78, 5) is 19.9. The molecule has 5 nitrogen and oxygen atoms in total. The molecule has 1 amide bonds. The third-order valence-corrected chi connectivity index (χ3v) is 3.24. The Balaban J connectivity index is 2.28. The predicted octanol–water partition coefficient (Wildman–Crippen LogP) is 0.803. The molecule has 0 spiro atoms. The van der Waals surface area contributed by atoms with Crippen LogP contribution in [-0.4, -0.2) is 47.6 Å². The maximum Gasteiger partial charge on any atom is 0.241 e. The van der Waals surface area contributed by atoms with Crippen LogP contribution >= 0.6 is 0 Å². The van der Waals surface area contributed by atoms with E-state index >= 15 is 0 Å². The highest BCUT2D eigenvalue weighted by Crippen LogP contribution is 2.24. The van der Waals surface area contributed by atoms with Gasteiger partial charge in [0.2, 0.25) is 5.91 Å². The number of carbonyl (C=O) groups is 1. The van der Waals surface area contributed by atoms with E-state index in [4.69, 9.17) is 0 Å². The van der Waals surface area contributed by atoms with Gasteiger partial charge in [-0.25, -0.2) is 4.98 Å². The second kappa shape index (κ2) is 5.35. The molecule has 1 fully saturated rings. The lowest BCUT2D eigenvalue weighted by molar-refractivity contribution is -0.127. The van der Waals surface area contributed by atoms with Crippen molar-refractivity contribution < 1.29 is 9.90 Å². The molecule has 1 unspecified atom stereocenters. The number of hydrogen-bond donors (Lipinski definition) is 1. The highest BCUT2D eigenvalue weighted by atomic mass is 16.3. The number of likely N-dealkylation sites (N-methyl/N-ethyl adjacent to an activating group) is 1. The van der Waals surface area contributed by atoms with Gasteiger partial charge in [-0.3, -0.25) is 4.79 Å². The second-order valence-corrected chi connectivity index (χ2v) is 4.68. The van der Waals surface area contributed by atoms with Gasteiger partial charge >= 0.3 is 0 Å². The van der Waals surface area contributed by atoms with Crippen molar-refractivity contribution in [2.24, 2.45) is 0 Å². The second-order valence-electron chi connectivity index (χ2n) is 4.68. The fourth-order valence-corrected chi connectivity index (χ4v) is 2.17. The Morgan fingerprint density at radius 2 is 2.22 bits per heavy atom. The average molecular weight is 249 g/mol. The first-order chi connectivity index (χ1) is 8.59. The molecule has 5 heteroatoms. The summed E-state index contributed by atoms with van der Waals surface area (Å²) in [5, 5.41) is 9.76. The van der Waals surface area contributed by atoms with Gasteiger partial charge in [0.1, 0.15) is 5.82 Å². The molecule has 2 rings (SSSR count). The van der Waals surface area contributed by atoms with Gasteiger partial charge in [0.05, 0.1) is 12.6 Å². The molecule has 0 aliphatic carbocycles. The van der Waals surface area contributed by atoms with E-state index in [9.17, 15) is 9.90 Å². The van der Waals surface area contributed by atoms with Gasteiger partial charge < -0.3 is 14.9 Å². The van der Waals surface area contributed by atoms with Crippen molar-refractivity contribution in [3.8, 4) is 0 Å². The van der Waals surface area contributed by atoms with Crippen molar-refractivity contribution >= 4 is 11.7 Å². The number of anilines is 1. The van der Waals surface area contributed by atoms with E-state index in [0.29, 0.717) is 6.54 Å². The van der Waals surface area contributed by atoms with E-state index in [0.717, 1.165) is 30.9 Å². The first-order valence-corrected chi connectivity index (χ1v) is 6.21. The van der Waals surface area contributed by atoms with Crippen LogP contribution < -0.4 is 4.90 Å². The number of aliphatic hydroxyl groups is 1. The zero-order valence-corrected chi connectivity index (χ0v) is 10.8. The number of hydrogen-bond acceptors (Lipinski definition) is 4. The molecule has 0 aromatic carbocycles. The Hall–Kier alpha value is -1.62. The van der Waals surface area contributed by atoms with E-state index in [-0.39, 0.29) is 5.91 Å². The van der Waals surface area contributed by atoms with Crippen LogP contribution in [0.1, 0.15) is 25.0 Å². The Labute approximate surface area is 107 Å². The SMILES string of the molecule is CC(O)c1cccnc1N1CCCN(C)C(=O)C1. The van der Waals surface area contributed by atoms with Crippen LogP contribution in [-0.2, 0) is 4.79 Å². The first-order valence-electron chi connectivity index (χ1n) is 6.21. The van der Waals surface area contributed by atoms with Crippen molar-refractivity contribution in [2.75, 3.05) is 31.6 Å². The van der Waals surface area contributed by atoms with Crippen molar-refractivity contribution in [2.45, 2.75) is 19.4 Å².